The lowest BCUT2D eigenvalue weighted by molar-refractivity contribution is -0.193. The number of carbonyl (C=O) groups is 4. The van der Waals surface area contributed by atoms with Crippen LogP contribution in [0, 0.1) is 0 Å². The molecule has 250 valence electrons. The minimum Gasteiger partial charge on any atom is -0.475 e. The molecule has 2 fully saturated rings. The van der Waals surface area contributed by atoms with Gasteiger partial charge in [0.05, 0.1) is 11.6 Å². The van der Waals surface area contributed by atoms with E-state index in [0.29, 0.717) is 0 Å². The van der Waals surface area contributed by atoms with Gasteiger partial charge in [-0.15, -0.1) is 0 Å². The van der Waals surface area contributed by atoms with Crippen LogP contribution >= 0.6 is 0 Å². The van der Waals surface area contributed by atoms with E-state index in [1.54, 1.807) is 6.20 Å². The monoisotopic (exact) mass is 664 g/mol. The summed E-state index contributed by atoms with van der Waals surface area (Å²) in [4.78, 5) is 50.1. The molecule has 11 nitrogen and oxygen atoms in total. The molecule has 2 aromatic heterocycles. The summed E-state index contributed by atoms with van der Waals surface area (Å²) < 4.78 is 95.2. The van der Waals surface area contributed by atoms with Gasteiger partial charge in [-0.1, -0.05) is 12.1 Å². The second-order valence-corrected chi connectivity index (χ2v) is 9.32. The van der Waals surface area contributed by atoms with Gasteiger partial charge in [-0.3, -0.25) is 19.7 Å². The molecular weight excluding hydrogens is 639 g/mol. The standard InChI is InChI=1S/C19H22N4O.3C2HF3O2/c24-18-17(15-4-3-8-20-13-15)12-19(22-18)6-10-23(11-7-19)14-16-5-1-2-9-21-16;3*3-2(4,5)1(6)7/h1-5,8-9,13,17H,6-7,10-12,14H2,(H,22,24);3*(H,6,7). The quantitative estimate of drug-likeness (QED) is 0.352. The summed E-state index contributed by atoms with van der Waals surface area (Å²) in [6.07, 6.45) is -6.95. The molecule has 1 atom stereocenters. The van der Waals surface area contributed by atoms with Crippen molar-refractivity contribution in [2.24, 2.45) is 0 Å². The maximum atomic E-state index is 12.5. The van der Waals surface area contributed by atoms with Crippen LogP contribution < -0.4 is 5.32 Å². The van der Waals surface area contributed by atoms with Crippen molar-refractivity contribution >= 4 is 23.8 Å². The van der Waals surface area contributed by atoms with Gasteiger partial charge in [-0.2, -0.15) is 39.5 Å². The number of carboxylic acid groups (broad SMARTS) is 3. The fourth-order valence-corrected chi connectivity index (χ4v) is 3.92. The average Bonchev–Trinajstić information content (AvgIpc) is 3.26. The summed E-state index contributed by atoms with van der Waals surface area (Å²) in [6.45, 7) is 2.88. The third-order valence-electron chi connectivity index (χ3n) is 6.04. The summed E-state index contributed by atoms with van der Waals surface area (Å²) >= 11 is 0. The van der Waals surface area contributed by atoms with E-state index in [9.17, 15) is 44.3 Å². The minimum atomic E-state index is -5.08. The summed E-state index contributed by atoms with van der Waals surface area (Å²) in [5, 5.41) is 24.7. The third-order valence-corrected chi connectivity index (χ3v) is 6.04. The first kappa shape index (κ1) is 38.5. The first-order valence-corrected chi connectivity index (χ1v) is 12.3. The molecule has 20 heteroatoms. The topological polar surface area (TPSA) is 170 Å². The number of amides is 1. The number of nitrogens with zero attached hydrogens (tertiary/aromatic N) is 3. The van der Waals surface area contributed by atoms with Crippen molar-refractivity contribution in [3.05, 3.63) is 60.2 Å². The van der Waals surface area contributed by atoms with E-state index in [1.807, 2.05) is 36.7 Å². The molecule has 0 aromatic carbocycles. The Balaban J connectivity index is 0.000000396. The van der Waals surface area contributed by atoms with Gasteiger partial charge in [0.2, 0.25) is 5.91 Å². The number of aliphatic carboxylic acids is 3. The molecule has 1 amide bonds. The van der Waals surface area contributed by atoms with Gasteiger partial charge < -0.3 is 20.6 Å². The minimum absolute atomic E-state index is 0.0434. The van der Waals surface area contributed by atoms with Crippen molar-refractivity contribution in [2.45, 2.75) is 55.8 Å². The highest BCUT2D eigenvalue weighted by Gasteiger charge is 2.46. The Hall–Kier alpha value is -4.49. The van der Waals surface area contributed by atoms with E-state index < -0.39 is 36.4 Å². The highest BCUT2D eigenvalue weighted by molar-refractivity contribution is 5.87. The van der Waals surface area contributed by atoms with E-state index in [1.165, 1.54) is 0 Å². The number of hydrogen-bond acceptors (Lipinski definition) is 7. The lowest BCUT2D eigenvalue weighted by Crippen LogP contribution is -2.50. The number of pyridine rings is 2. The largest absolute Gasteiger partial charge is 0.490 e. The zero-order chi connectivity index (χ0) is 34.6. The number of aromatic nitrogens is 2. The van der Waals surface area contributed by atoms with Gasteiger partial charge in [-0.05, 0) is 43.0 Å². The van der Waals surface area contributed by atoms with Crippen LogP contribution in [0.4, 0.5) is 39.5 Å². The Morgan fingerprint density at radius 1 is 0.822 bits per heavy atom. The molecule has 4 N–H and O–H groups in total. The second-order valence-electron chi connectivity index (χ2n) is 9.32. The van der Waals surface area contributed by atoms with Crippen molar-refractivity contribution in [3.63, 3.8) is 0 Å². The molecule has 2 aromatic rings. The number of likely N-dealkylation sites (tertiary alicyclic amines) is 1. The van der Waals surface area contributed by atoms with E-state index in [0.717, 1.165) is 50.2 Å². The molecule has 2 saturated heterocycles. The molecule has 1 unspecified atom stereocenters. The van der Waals surface area contributed by atoms with E-state index in [2.05, 4.69) is 26.3 Å². The van der Waals surface area contributed by atoms with Crippen LogP contribution in [-0.2, 0) is 25.7 Å². The molecule has 1 spiro atoms. The van der Waals surface area contributed by atoms with Crippen LogP contribution in [0.5, 0.6) is 0 Å². The van der Waals surface area contributed by atoms with Crippen LogP contribution in [0.2, 0.25) is 0 Å². The molecule has 4 heterocycles. The Bertz CT molecular complexity index is 1210. The Morgan fingerprint density at radius 2 is 1.31 bits per heavy atom. The van der Waals surface area contributed by atoms with Crippen LogP contribution in [0.1, 0.15) is 36.4 Å². The predicted octanol–water partition coefficient (Wildman–Crippen LogP) is 4.01. The number of alkyl halides is 9. The van der Waals surface area contributed by atoms with Crippen molar-refractivity contribution in [1.29, 1.82) is 0 Å². The van der Waals surface area contributed by atoms with Gasteiger partial charge in [0.25, 0.3) is 0 Å². The zero-order valence-corrected chi connectivity index (χ0v) is 22.7. The van der Waals surface area contributed by atoms with Crippen molar-refractivity contribution in [3.8, 4) is 0 Å². The predicted molar refractivity (Wildman–Crippen MR) is 132 cm³/mol. The molecule has 4 rings (SSSR count). The van der Waals surface area contributed by atoms with E-state index in [4.69, 9.17) is 29.7 Å². The second kappa shape index (κ2) is 16.0. The van der Waals surface area contributed by atoms with Crippen LogP contribution in [0.15, 0.2) is 48.9 Å². The number of halogens is 9. The summed E-state index contributed by atoms with van der Waals surface area (Å²) in [6, 6.07) is 9.96. The van der Waals surface area contributed by atoms with Crippen LogP contribution in [0.3, 0.4) is 0 Å². The van der Waals surface area contributed by atoms with Crippen molar-refractivity contribution in [1.82, 2.24) is 20.2 Å². The maximum absolute atomic E-state index is 12.5. The number of rotatable bonds is 3. The van der Waals surface area contributed by atoms with Gasteiger partial charge in [0, 0.05) is 43.8 Å². The molecular formula is C25H25F9N4O7. The Kier molecular flexibility index (Phi) is 13.7. The Morgan fingerprint density at radius 3 is 1.69 bits per heavy atom. The van der Waals surface area contributed by atoms with Crippen LogP contribution in [0.25, 0.3) is 0 Å². The number of carbonyl (C=O) groups excluding carboxylic acids is 1. The fraction of sp³-hybridized carbons (Fsp3) is 0.440. The number of piperidine rings is 1. The molecule has 0 radical (unpaired) electrons. The lowest BCUT2D eigenvalue weighted by Gasteiger charge is -2.39. The van der Waals surface area contributed by atoms with Gasteiger partial charge in [-0.25, -0.2) is 14.4 Å². The van der Waals surface area contributed by atoms with Gasteiger partial charge in [0.1, 0.15) is 0 Å². The summed E-state index contributed by atoms with van der Waals surface area (Å²) in [7, 11) is 0. The molecule has 0 bridgehead atoms. The molecule has 45 heavy (non-hydrogen) atoms. The van der Waals surface area contributed by atoms with Gasteiger partial charge in [0.15, 0.2) is 0 Å². The molecule has 2 aliphatic rings. The van der Waals surface area contributed by atoms with Gasteiger partial charge >= 0.3 is 36.4 Å². The normalized spacial score (nSPS) is 17.7. The first-order chi connectivity index (χ1) is 20.6. The molecule has 0 aliphatic carbocycles. The highest BCUT2D eigenvalue weighted by atomic mass is 19.4. The highest BCUT2D eigenvalue weighted by Crippen LogP contribution is 2.39. The van der Waals surface area contributed by atoms with E-state index in [-0.39, 0.29) is 17.4 Å². The smallest absolute Gasteiger partial charge is 0.475 e. The molecule has 2 aliphatic heterocycles. The maximum Gasteiger partial charge on any atom is 0.490 e. The first-order valence-electron chi connectivity index (χ1n) is 12.3. The van der Waals surface area contributed by atoms with E-state index >= 15 is 0 Å². The summed E-state index contributed by atoms with van der Waals surface area (Å²) in [5.41, 5.74) is 2.10. The van der Waals surface area contributed by atoms with Crippen molar-refractivity contribution < 1.29 is 74.0 Å². The number of carboxylic acids is 3. The summed E-state index contributed by atoms with van der Waals surface area (Å²) in [5.74, 6) is -8.17. The molecule has 0 saturated carbocycles. The average molecular weight is 664 g/mol. The van der Waals surface area contributed by atoms with Crippen molar-refractivity contribution in [2.75, 3.05) is 13.1 Å². The third kappa shape index (κ3) is 13.8. The van der Waals surface area contributed by atoms with Crippen LogP contribution in [-0.4, -0.2) is 91.2 Å². The SMILES string of the molecule is O=C(O)C(F)(F)F.O=C(O)C(F)(F)F.O=C(O)C(F)(F)F.O=C1NC2(CCN(Cc3ccccn3)CC2)CC1c1cccnc1. The number of nitrogens with one attached hydrogen (secondary N) is 1. The zero-order valence-electron chi connectivity index (χ0n) is 22.7. The fourth-order valence-electron chi connectivity index (χ4n) is 3.92. The number of hydrogen-bond donors (Lipinski definition) is 4. The Labute approximate surface area is 247 Å². The lowest BCUT2D eigenvalue weighted by atomic mass is 9.82.